The Bertz CT molecular complexity index is 567. The summed E-state index contributed by atoms with van der Waals surface area (Å²) in [6.45, 7) is 0.483. The number of nitrogens with one attached hydrogen (secondary N) is 1. The molecule has 0 aliphatic carbocycles. The highest BCUT2D eigenvalue weighted by Crippen LogP contribution is 2.31. The van der Waals surface area contributed by atoms with Crippen LogP contribution in [0.25, 0.3) is 0 Å². The van der Waals surface area contributed by atoms with Crippen molar-refractivity contribution in [3.8, 4) is 5.75 Å². The van der Waals surface area contributed by atoms with Gasteiger partial charge in [-0.3, -0.25) is 0 Å². The molecule has 2 rings (SSSR count). The van der Waals surface area contributed by atoms with Gasteiger partial charge in [-0.15, -0.1) is 0 Å². The molecule has 0 aliphatic heterocycles. The number of benzene rings is 2. The van der Waals surface area contributed by atoms with Gasteiger partial charge >= 0.3 is 0 Å². The van der Waals surface area contributed by atoms with E-state index in [0.29, 0.717) is 28.0 Å². The smallest absolute Gasteiger partial charge is 0.125 e. The van der Waals surface area contributed by atoms with Crippen LogP contribution in [0, 0.1) is 0 Å². The molecule has 0 aliphatic rings. The van der Waals surface area contributed by atoms with Crippen LogP contribution in [0.2, 0.25) is 10.0 Å². The Morgan fingerprint density at radius 2 is 1.79 bits per heavy atom. The molecule has 100 valence electrons. The van der Waals surface area contributed by atoms with Crippen LogP contribution in [0.4, 0.5) is 11.4 Å². The number of methoxy groups -OCH3 is 1. The van der Waals surface area contributed by atoms with Crippen molar-refractivity contribution < 1.29 is 4.74 Å². The molecule has 2 aromatic carbocycles. The SMILES string of the molecule is COc1cccc(Cl)c1CNc1c(N)cccc1Cl. The van der Waals surface area contributed by atoms with Crippen molar-refractivity contribution >= 4 is 34.6 Å². The minimum atomic E-state index is 0.483. The van der Waals surface area contributed by atoms with Crippen LogP contribution < -0.4 is 15.8 Å². The van der Waals surface area contributed by atoms with Crippen LogP contribution in [0.15, 0.2) is 36.4 Å². The zero-order valence-electron chi connectivity index (χ0n) is 10.4. The van der Waals surface area contributed by atoms with Gasteiger partial charge in [-0.2, -0.15) is 0 Å². The topological polar surface area (TPSA) is 47.3 Å². The highest BCUT2D eigenvalue weighted by atomic mass is 35.5. The van der Waals surface area contributed by atoms with Crippen molar-refractivity contribution in [3.63, 3.8) is 0 Å². The normalized spacial score (nSPS) is 10.3. The standard InChI is InChI=1S/C14H14Cl2N2O/c1-19-13-7-3-4-10(15)9(13)8-18-14-11(16)5-2-6-12(14)17/h2-7,18H,8,17H2,1H3. The number of anilines is 2. The quantitative estimate of drug-likeness (QED) is 0.832. The van der Waals surface area contributed by atoms with E-state index >= 15 is 0 Å². The predicted molar refractivity (Wildman–Crippen MR) is 81.2 cm³/mol. The monoisotopic (exact) mass is 296 g/mol. The first-order valence-corrected chi connectivity index (χ1v) is 6.48. The molecule has 0 aromatic heterocycles. The summed E-state index contributed by atoms with van der Waals surface area (Å²) in [5.74, 6) is 0.727. The van der Waals surface area contributed by atoms with E-state index in [2.05, 4.69) is 5.32 Å². The largest absolute Gasteiger partial charge is 0.496 e. The molecule has 0 saturated heterocycles. The molecular weight excluding hydrogens is 283 g/mol. The molecule has 3 N–H and O–H groups in total. The van der Waals surface area contributed by atoms with E-state index in [1.165, 1.54) is 0 Å². The Morgan fingerprint density at radius 1 is 1.11 bits per heavy atom. The molecule has 0 fully saturated rings. The molecule has 0 saturated carbocycles. The molecule has 2 aromatic rings. The average molecular weight is 297 g/mol. The second-order valence-corrected chi connectivity index (χ2v) is 4.79. The number of nitrogen functional groups attached to an aromatic ring is 1. The highest BCUT2D eigenvalue weighted by molar-refractivity contribution is 6.34. The number of halogens is 2. The van der Waals surface area contributed by atoms with E-state index < -0.39 is 0 Å². The lowest BCUT2D eigenvalue weighted by Gasteiger charge is -2.14. The third kappa shape index (κ3) is 3.06. The molecule has 0 amide bonds. The summed E-state index contributed by atoms with van der Waals surface area (Å²) in [7, 11) is 1.61. The van der Waals surface area contributed by atoms with Gasteiger partial charge in [0, 0.05) is 17.1 Å². The van der Waals surface area contributed by atoms with Gasteiger partial charge in [0.05, 0.1) is 23.5 Å². The fourth-order valence-electron chi connectivity index (χ4n) is 1.81. The molecule has 0 heterocycles. The Hall–Kier alpha value is -1.58. The van der Waals surface area contributed by atoms with Crippen LogP contribution >= 0.6 is 23.2 Å². The van der Waals surface area contributed by atoms with Gasteiger partial charge in [0.25, 0.3) is 0 Å². The highest BCUT2D eigenvalue weighted by Gasteiger charge is 2.09. The van der Waals surface area contributed by atoms with Crippen LogP contribution in [0.3, 0.4) is 0 Å². The van der Waals surface area contributed by atoms with Gasteiger partial charge in [-0.25, -0.2) is 0 Å². The Morgan fingerprint density at radius 3 is 2.47 bits per heavy atom. The lowest BCUT2D eigenvalue weighted by atomic mass is 10.2. The van der Waals surface area contributed by atoms with Gasteiger partial charge in [-0.1, -0.05) is 35.3 Å². The summed E-state index contributed by atoms with van der Waals surface area (Å²) in [6, 6.07) is 10.9. The Balaban J connectivity index is 2.24. The van der Waals surface area contributed by atoms with Crippen LogP contribution in [-0.2, 0) is 6.54 Å². The number of nitrogens with two attached hydrogens (primary N) is 1. The lowest BCUT2D eigenvalue weighted by molar-refractivity contribution is 0.410. The second-order valence-electron chi connectivity index (χ2n) is 3.98. The van der Waals surface area contributed by atoms with Gasteiger partial charge in [-0.05, 0) is 24.3 Å². The first-order valence-electron chi connectivity index (χ1n) is 5.72. The molecular formula is C14H14Cl2N2O. The first kappa shape index (κ1) is 13.8. The minimum absolute atomic E-state index is 0.483. The Kier molecular flexibility index (Phi) is 4.40. The fraction of sp³-hybridized carbons (Fsp3) is 0.143. The van der Waals surface area contributed by atoms with Crippen LogP contribution in [-0.4, -0.2) is 7.11 Å². The lowest BCUT2D eigenvalue weighted by Crippen LogP contribution is -2.05. The van der Waals surface area contributed by atoms with Gasteiger partial charge in [0.1, 0.15) is 5.75 Å². The first-order chi connectivity index (χ1) is 9.13. The maximum atomic E-state index is 6.17. The maximum absolute atomic E-state index is 6.17. The maximum Gasteiger partial charge on any atom is 0.125 e. The Labute approximate surface area is 122 Å². The van der Waals surface area contributed by atoms with Crippen LogP contribution in [0.5, 0.6) is 5.75 Å². The summed E-state index contributed by atoms with van der Waals surface area (Å²) < 4.78 is 5.29. The number of para-hydroxylation sites is 1. The average Bonchev–Trinajstić information content (AvgIpc) is 2.39. The molecule has 0 radical (unpaired) electrons. The molecule has 0 bridgehead atoms. The molecule has 19 heavy (non-hydrogen) atoms. The van der Waals surface area contributed by atoms with E-state index in [0.717, 1.165) is 11.3 Å². The van der Waals surface area contributed by atoms with Crippen LogP contribution in [0.1, 0.15) is 5.56 Å². The summed E-state index contributed by atoms with van der Waals surface area (Å²) in [4.78, 5) is 0. The molecule has 0 atom stereocenters. The van der Waals surface area contributed by atoms with Crippen molar-refractivity contribution in [1.29, 1.82) is 0 Å². The predicted octanol–water partition coefficient (Wildman–Crippen LogP) is 4.20. The summed E-state index contributed by atoms with van der Waals surface area (Å²) >= 11 is 12.3. The van der Waals surface area contributed by atoms with Crippen molar-refractivity contribution in [2.75, 3.05) is 18.2 Å². The molecule has 3 nitrogen and oxygen atoms in total. The van der Waals surface area contributed by atoms with E-state index in [1.54, 1.807) is 25.3 Å². The van der Waals surface area contributed by atoms with E-state index in [4.69, 9.17) is 33.7 Å². The van der Waals surface area contributed by atoms with Gasteiger partial charge < -0.3 is 15.8 Å². The van der Waals surface area contributed by atoms with Crippen molar-refractivity contribution in [2.24, 2.45) is 0 Å². The zero-order chi connectivity index (χ0) is 13.8. The minimum Gasteiger partial charge on any atom is -0.496 e. The van der Waals surface area contributed by atoms with Gasteiger partial charge in [0.2, 0.25) is 0 Å². The summed E-state index contributed by atoms with van der Waals surface area (Å²) in [6.07, 6.45) is 0. The van der Waals surface area contributed by atoms with E-state index in [1.807, 2.05) is 18.2 Å². The zero-order valence-corrected chi connectivity index (χ0v) is 11.9. The van der Waals surface area contributed by atoms with E-state index in [9.17, 15) is 0 Å². The molecule has 5 heteroatoms. The fourth-order valence-corrected chi connectivity index (χ4v) is 2.29. The number of hydrogen-bond acceptors (Lipinski definition) is 3. The van der Waals surface area contributed by atoms with Crippen molar-refractivity contribution in [3.05, 3.63) is 52.0 Å². The number of ether oxygens (including phenoxy) is 1. The summed E-state index contributed by atoms with van der Waals surface area (Å²) in [5.41, 5.74) is 8.05. The molecule has 0 spiro atoms. The second kappa shape index (κ2) is 6.04. The summed E-state index contributed by atoms with van der Waals surface area (Å²) in [5, 5.41) is 4.40. The number of hydrogen-bond donors (Lipinski definition) is 2. The third-order valence-electron chi connectivity index (χ3n) is 2.78. The van der Waals surface area contributed by atoms with Crippen molar-refractivity contribution in [1.82, 2.24) is 0 Å². The third-order valence-corrected chi connectivity index (χ3v) is 3.45. The molecule has 0 unspecified atom stereocenters. The number of rotatable bonds is 4. The van der Waals surface area contributed by atoms with E-state index in [-0.39, 0.29) is 0 Å². The van der Waals surface area contributed by atoms with Crippen molar-refractivity contribution in [2.45, 2.75) is 6.54 Å². The van der Waals surface area contributed by atoms with Gasteiger partial charge in [0.15, 0.2) is 0 Å².